The van der Waals surface area contributed by atoms with Crippen molar-refractivity contribution in [3.05, 3.63) is 143 Å². The van der Waals surface area contributed by atoms with Crippen LogP contribution in [0.1, 0.15) is 22.3 Å². The number of benzene rings is 5. The average molecular weight is 804 g/mol. The molecule has 2 N–H and O–H groups in total. The van der Waals surface area contributed by atoms with Crippen molar-refractivity contribution in [2.24, 2.45) is 0 Å². The Morgan fingerprint density at radius 3 is 2.22 bits per heavy atom. The highest BCUT2D eigenvalue weighted by Gasteiger charge is 2.26. The Hall–Kier alpha value is -4.46. The van der Waals surface area contributed by atoms with E-state index in [0.717, 1.165) is 54.9 Å². The van der Waals surface area contributed by atoms with Gasteiger partial charge >= 0.3 is 0 Å². The molecular weight excluding hydrogens is 760 g/mol. The first-order valence-electron chi connectivity index (χ1n) is 18.0. The van der Waals surface area contributed by atoms with Gasteiger partial charge in [-0.2, -0.15) is 0 Å². The maximum atomic E-state index is 15.4. The van der Waals surface area contributed by atoms with E-state index < -0.39 is 32.5 Å². The molecule has 1 atom stereocenters. The van der Waals surface area contributed by atoms with Crippen LogP contribution < -0.4 is 14.9 Å². The largest absolute Gasteiger partial charge is 0.379 e. The van der Waals surface area contributed by atoms with Crippen LogP contribution in [-0.4, -0.2) is 82.7 Å². The monoisotopic (exact) mass is 803 g/mol. The van der Waals surface area contributed by atoms with Crippen LogP contribution in [0, 0.1) is 11.6 Å². The van der Waals surface area contributed by atoms with Gasteiger partial charge in [0.25, 0.3) is 15.9 Å². The van der Waals surface area contributed by atoms with Gasteiger partial charge in [-0.3, -0.25) is 9.69 Å². The molecule has 0 saturated carbocycles. The molecule has 0 unspecified atom stereocenters. The molecule has 1 fully saturated rings. The topological polar surface area (TPSA) is 85.0 Å². The Morgan fingerprint density at radius 2 is 1.53 bits per heavy atom. The van der Waals surface area contributed by atoms with Crippen molar-refractivity contribution >= 4 is 50.7 Å². The van der Waals surface area contributed by atoms with Crippen LogP contribution in [-0.2, 0) is 16.6 Å². The number of nitrogens with one attached hydrogen (secondary N) is 2. The van der Waals surface area contributed by atoms with Gasteiger partial charge in [0.1, 0.15) is 16.5 Å². The van der Waals surface area contributed by atoms with Gasteiger partial charge in [0.15, 0.2) is 0 Å². The molecule has 288 valence electrons. The molecule has 5 aromatic carbocycles. The van der Waals surface area contributed by atoms with Gasteiger partial charge in [0, 0.05) is 71.8 Å². The summed E-state index contributed by atoms with van der Waals surface area (Å²) in [6.45, 7) is 4.69. The molecule has 0 aliphatic carbocycles. The highest BCUT2D eigenvalue weighted by Crippen LogP contribution is 2.29. The van der Waals surface area contributed by atoms with Gasteiger partial charge in [0.05, 0.1) is 5.69 Å². The number of amides is 1. The van der Waals surface area contributed by atoms with E-state index >= 15 is 8.78 Å². The second-order valence-electron chi connectivity index (χ2n) is 13.7. The van der Waals surface area contributed by atoms with Crippen LogP contribution in [0.25, 0.3) is 11.1 Å². The summed E-state index contributed by atoms with van der Waals surface area (Å²) in [6.07, 6.45) is 0.639. The Morgan fingerprint density at radius 1 is 0.855 bits per heavy atom. The standard InChI is InChI=1S/C42H44ClF2N5O3S2/c1-48(2)21-20-34(29-54-36-9-4-3-5-10-36)46-40-26-39(45)41(27-38(40)44)55(52,53)47-42(51)31-14-18-35(19-15-31)50-24-22-49(23-25-50)28-32-8-6-7-11-37(32)30-12-16-33(43)17-13-30/h3-19,26-27,34,46H,20-25,28-29H2,1-2H3,(H,47,51)/t34-/m1/s1. The molecule has 0 radical (unpaired) electrons. The minimum atomic E-state index is -4.73. The minimum Gasteiger partial charge on any atom is -0.379 e. The summed E-state index contributed by atoms with van der Waals surface area (Å²) in [5.41, 5.74) is 4.34. The summed E-state index contributed by atoms with van der Waals surface area (Å²) in [7, 11) is -0.877. The molecule has 1 saturated heterocycles. The lowest BCUT2D eigenvalue weighted by atomic mass is 9.99. The van der Waals surface area contributed by atoms with E-state index in [0.29, 0.717) is 29.8 Å². The molecule has 55 heavy (non-hydrogen) atoms. The molecule has 5 aromatic rings. The second-order valence-corrected chi connectivity index (χ2v) is 16.9. The molecule has 0 spiro atoms. The van der Waals surface area contributed by atoms with Gasteiger partial charge in [0.2, 0.25) is 0 Å². The summed E-state index contributed by atoms with van der Waals surface area (Å²) in [5, 5.41) is 3.76. The minimum absolute atomic E-state index is 0.0728. The van der Waals surface area contributed by atoms with Crippen LogP contribution in [0.2, 0.25) is 5.02 Å². The van der Waals surface area contributed by atoms with E-state index in [-0.39, 0.29) is 17.3 Å². The number of piperazine rings is 1. The van der Waals surface area contributed by atoms with Crippen molar-refractivity contribution in [1.29, 1.82) is 0 Å². The number of nitrogens with zero attached hydrogens (tertiary/aromatic N) is 3. The first kappa shape index (κ1) is 40.2. The summed E-state index contributed by atoms with van der Waals surface area (Å²) in [5.74, 6) is -2.48. The van der Waals surface area contributed by atoms with Crippen LogP contribution in [0.5, 0.6) is 0 Å². The predicted molar refractivity (Wildman–Crippen MR) is 220 cm³/mol. The fourth-order valence-electron chi connectivity index (χ4n) is 6.42. The smallest absolute Gasteiger partial charge is 0.267 e. The van der Waals surface area contributed by atoms with Crippen molar-refractivity contribution in [1.82, 2.24) is 14.5 Å². The molecule has 6 rings (SSSR count). The van der Waals surface area contributed by atoms with Gasteiger partial charge in [-0.25, -0.2) is 21.9 Å². The first-order chi connectivity index (χ1) is 26.4. The van der Waals surface area contributed by atoms with E-state index in [1.165, 1.54) is 23.3 Å². The number of halogens is 3. The number of hydrogen-bond acceptors (Lipinski definition) is 8. The molecule has 8 nitrogen and oxygen atoms in total. The number of carbonyl (C=O) groups is 1. The average Bonchev–Trinajstić information content (AvgIpc) is 3.18. The van der Waals surface area contributed by atoms with Crippen molar-refractivity contribution in [2.75, 3.05) is 62.8 Å². The number of sulfonamides is 1. The van der Waals surface area contributed by atoms with Gasteiger partial charge in [-0.1, -0.05) is 66.2 Å². The fourth-order valence-corrected chi connectivity index (χ4v) is 8.59. The van der Waals surface area contributed by atoms with Crippen molar-refractivity contribution in [2.45, 2.75) is 28.8 Å². The van der Waals surface area contributed by atoms with Gasteiger partial charge in [-0.15, -0.1) is 11.8 Å². The highest BCUT2D eigenvalue weighted by molar-refractivity contribution is 7.99. The number of carbonyl (C=O) groups excluding carboxylic acids is 1. The van der Waals surface area contributed by atoms with E-state index in [9.17, 15) is 13.2 Å². The SMILES string of the molecule is CN(C)CC[C@H](CSc1ccccc1)Nc1cc(F)c(S(=O)(=O)NC(=O)c2ccc(N3CCN(Cc4ccccc4-c4ccc(Cl)cc4)CC3)cc2)cc1F. The fraction of sp³-hybridized carbons (Fsp3) is 0.262. The Bertz CT molecular complexity index is 2170. The summed E-state index contributed by atoms with van der Waals surface area (Å²) < 4.78 is 58.9. The summed E-state index contributed by atoms with van der Waals surface area (Å²) in [6, 6.07) is 33.7. The molecule has 0 bridgehead atoms. The Balaban J connectivity index is 1.05. The normalized spacial score (nSPS) is 14.2. The van der Waals surface area contributed by atoms with E-state index in [4.69, 9.17) is 11.6 Å². The molecular formula is C42H44ClF2N5O3S2. The van der Waals surface area contributed by atoms with Gasteiger partial charge < -0.3 is 15.1 Å². The molecule has 13 heteroatoms. The molecule has 1 aliphatic rings. The van der Waals surface area contributed by atoms with E-state index in [1.807, 2.05) is 90.4 Å². The maximum absolute atomic E-state index is 15.4. The van der Waals surface area contributed by atoms with E-state index in [1.54, 1.807) is 23.9 Å². The third-order valence-corrected chi connectivity index (χ3v) is 12.2. The summed E-state index contributed by atoms with van der Waals surface area (Å²) in [4.78, 5) is 19.8. The number of hydrogen-bond donors (Lipinski definition) is 2. The van der Waals surface area contributed by atoms with Crippen molar-refractivity contribution < 1.29 is 22.0 Å². The van der Waals surface area contributed by atoms with Crippen LogP contribution in [0.4, 0.5) is 20.2 Å². The van der Waals surface area contributed by atoms with Crippen molar-refractivity contribution in [3.8, 4) is 11.1 Å². The zero-order valence-corrected chi connectivity index (χ0v) is 33.1. The maximum Gasteiger partial charge on any atom is 0.267 e. The number of thioether (sulfide) groups is 1. The molecule has 1 aliphatic heterocycles. The molecule has 1 heterocycles. The predicted octanol–water partition coefficient (Wildman–Crippen LogP) is 8.25. The Labute approximate surface area is 331 Å². The number of rotatable bonds is 15. The summed E-state index contributed by atoms with van der Waals surface area (Å²) >= 11 is 7.69. The third-order valence-electron chi connectivity index (χ3n) is 9.45. The third kappa shape index (κ3) is 10.9. The zero-order valence-electron chi connectivity index (χ0n) is 30.7. The zero-order chi connectivity index (χ0) is 39.0. The second kappa shape index (κ2) is 18.4. The highest BCUT2D eigenvalue weighted by atomic mass is 35.5. The Kier molecular flexibility index (Phi) is 13.5. The molecule has 1 amide bonds. The van der Waals surface area contributed by atoms with Crippen molar-refractivity contribution in [3.63, 3.8) is 0 Å². The molecule has 0 aromatic heterocycles. The quantitative estimate of drug-likeness (QED) is 0.103. The van der Waals surface area contributed by atoms with Crippen LogP contribution in [0.15, 0.2) is 125 Å². The lowest BCUT2D eigenvalue weighted by molar-refractivity contribution is 0.0981. The van der Waals surface area contributed by atoms with Crippen LogP contribution >= 0.6 is 23.4 Å². The lowest BCUT2D eigenvalue weighted by Crippen LogP contribution is -2.46. The first-order valence-corrected chi connectivity index (χ1v) is 20.9. The van der Waals surface area contributed by atoms with E-state index in [2.05, 4.69) is 27.2 Å². The van der Waals surface area contributed by atoms with Gasteiger partial charge in [-0.05, 0) is 98.3 Å². The lowest BCUT2D eigenvalue weighted by Gasteiger charge is -2.36. The van der Waals surface area contributed by atoms with Crippen LogP contribution in [0.3, 0.4) is 0 Å². The number of anilines is 2.